The highest BCUT2D eigenvalue weighted by molar-refractivity contribution is 4.87. The predicted octanol–water partition coefficient (Wildman–Crippen LogP) is 2.29. The van der Waals surface area contributed by atoms with Gasteiger partial charge in [-0.25, -0.2) is 0 Å². The molecule has 2 aliphatic rings. The van der Waals surface area contributed by atoms with Crippen molar-refractivity contribution in [1.82, 2.24) is 15.1 Å². The molecule has 20 heavy (non-hydrogen) atoms. The third kappa shape index (κ3) is 4.71. The van der Waals surface area contributed by atoms with E-state index in [2.05, 4.69) is 43.1 Å². The molecule has 118 valence electrons. The normalized spacial score (nSPS) is 27.1. The number of likely N-dealkylation sites (tertiary alicyclic amines) is 1. The van der Waals surface area contributed by atoms with Crippen LogP contribution < -0.4 is 5.32 Å². The van der Waals surface area contributed by atoms with Crippen LogP contribution in [0.15, 0.2) is 0 Å². The van der Waals surface area contributed by atoms with Crippen molar-refractivity contribution < 1.29 is 0 Å². The zero-order valence-electron chi connectivity index (χ0n) is 14.1. The molecular formula is C17H35N3. The van der Waals surface area contributed by atoms with Gasteiger partial charge in [0.15, 0.2) is 0 Å². The highest BCUT2D eigenvalue weighted by atomic mass is 15.1. The Labute approximate surface area is 126 Å². The Morgan fingerprint density at radius 3 is 2.40 bits per heavy atom. The Kier molecular flexibility index (Phi) is 5.88. The molecule has 2 fully saturated rings. The van der Waals surface area contributed by atoms with Gasteiger partial charge in [-0.15, -0.1) is 0 Å². The monoisotopic (exact) mass is 281 g/mol. The summed E-state index contributed by atoms with van der Waals surface area (Å²) in [6.45, 7) is 12.6. The molecule has 1 N–H and O–H groups in total. The van der Waals surface area contributed by atoms with Crippen molar-refractivity contribution in [3.63, 3.8) is 0 Å². The van der Waals surface area contributed by atoms with Crippen LogP contribution in [-0.4, -0.2) is 63.2 Å². The predicted molar refractivity (Wildman–Crippen MR) is 87.1 cm³/mol. The number of nitrogens with one attached hydrogen (secondary N) is 1. The van der Waals surface area contributed by atoms with Crippen LogP contribution in [0.4, 0.5) is 0 Å². The Morgan fingerprint density at radius 1 is 1.15 bits per heavy atom. The highest BCUT2D eigenvalue weighted by Gasteiger charge is 2.33. The molecule has 0 saturated carbocycles. The Bertz CT molecular complexity index is 274. The van der Waals surface area contributed by atoms with Gasteiger partial charge in [-0.05, 0) is 83.2 Å². The van der Waals surface area contributed by atoms with E-state index >= 15 is 0 Å². The van der Waals surface area contributed by atoms with Crippen LogP contribution in [0.1, 0.15) is 39.5 Å². The van der Waals surface area contributed by atoms with Crippen molar-refractivity contribution in [1.29, 1.82) is 0 Å². The molecule has 1 atom stereocenters. The molecule has 0 aromatic rings. The smallest absolute Gasteiger partial charge is 0.00358 e. The van der Waals surface area contributed by atoms with Gasteiger partial charge in [0.1, 0.15) is 0 Å². The summed E-state index contributed by atoms with van der Waals surface area (Å²) in [7, 11) is 4.40. The van der Waals surface area contributed by atoms with E-state index in [1.807, 2.05) is 0 Å². The fraction of sp³-hybridized carbons (Fsp3) is 1.00. The minimum absolute atomic E-state index is 0.460. The number of nitrogens with zero attached hydrogens (tertiary/aromatic N) is 2. The van der Waals surface area contributed by atoms with Crippen molar-refractivity contribution in [3.05, 3.63) is 0 Å². The molecule has 2 heterocycles. The summed E-state index contributed by atoms with van der Waals surface area (Å²) in [5.41, 5.74) is 0.460. The Hall–Kier alpha value is -0.120. The number of hydrogen-bond acceptors (Lipinski definition) is 3. The van der Waals surface area contributed by atoms with Gasteiger partial charge in [0.05, 0.1) is 0 Å². The van der Waals surface area contributed by atoms with Crippen LogP contribution >= 0.6 is 0 Å². The van der Waals surface area contributed by atoms with Gasteiger partial charge in [-0.3, -0.25) is 0 Å². The first-order valence-electron chi connectivity index (χ1n) is 8.55. The summed E-state index contributed by atoms with van der Waals surface area (Å²) in [4.78, 5) is 5.07. The standard InChI is InChI=1S/C17H35N3/c1-17(2,16-6-5-9-18-12-16)14-20-10-7-15(8-11-20)13-19(3)4/h15-16,18H,5-14H2,1-4H3. The number of rotatable bonds is 5. The van der Waals surface area contributed by atoms with E-state index in [9.17, 15) is 0 Å². The van der Waals surface area contributed by atoms with Crippen molar-refractivity contribution in [3.8, 4) is 0 Å². The van der Waals surface area contributed by atoms with E-state index in [1.165, 1.54) is 65.0 Å². The maximum Gasteiger partial charge on any atom is 0.00358 e. The van der Waals surface area contributed by atoms with E-state index in [-0.39, 0.29) is 0 Å². The summed E-state index contributed by atoms with van der Waals surface area (Å²) in [5.74, 6) is 1.77. The molecule has 2 aliphatic heterocycles. The minimum atomic E-state index is 0.460. The van der Waals surface area contributed by atoms with Crippen molar-refractivity contribution in [2.75, 3.05) is 53.4 Å². The lowest BCUT2D eigenvalue weighted by Crippen LogP contribution is -2.47. The maximum absolute atomic E-state index is 3.58. The average Bonchev–Trinajstić information content (AvgIpc) is 2.41. The van der Waals surface area contributed by atoms with E-state index in [1.54, 1.807) is 0 Å². The topological polar surface area (TPSA) is 18.5 Å². The summed E-state index contributed by atoms with van der Waals surface area (Å²) in [6, 6.07) is 0. The van der Waals surface area contributed by atoms with Crippen molar-refractivity contribution >= 4 is 0 Å². The first-order chi connectivity index (χ1) is 9.47. The van der Waals surface area contributed by atoms with Gasteiger partial charge < -0.3 is 15.1 Å². The molecule has 0 spiro atoms. The third-order valence-corrected chi connectivity index (χ3v) is 5.36. The van der Waals surface area contributed by atoms with E-state index < -0.39 is 0 Å². The van der Waals surface area contributed by atoms with Gasteiger partial charge in [-0.2, -0.15) is 0 Å². The molecular weight excluding hydrogens is 246 g/mol. The lowest BCUT2D eigenvalue weighted by molar-refractivity contribution is 0.0732. The summed E-state index contributed by atoms with van der Waals surface area (Å²) in [6.07, 6.45) is 5.55. The second-order valence-electron chi connectivity index (χ2n) is 8.01. The molecule has 0 aliphatic carbocycles. The third-order valence-electron chi connectivity index (χ3n) is 5.36. The van der Waals surface area contributed by atoms with Gasteiger partial charge >= 0.3 is 0 Å². The lowest BCUT2D eigenvalue weighted by atomic mass is 9.74. The minimum Gasteiger partial charge on any atom is -0.316 e. The molecule has 0 amide bonds. The van der Waals surface area contributed by atoms with Crippen LogP contribution in [0.2, 0.25) is 0 Å². The fourth-order valence-electron chi connectivity index (χ4n) is 4.07. The van der Waals surface area contributed by atoms with Crippen LogP contribution in [-0.2, 0) is 0 Å². The SMILES string of the molecule is CN(C)CC1CCN(CC(C)(C)C2CCCNC2)CC1. The van der Waals surface area contributed by atoms with Gasteiger partial charge in [0.25, 0.3) is 0 Å². The van der Waals surface area contributed by atoms with Crippen LogP contribution in [0.5, 0.6) is 0 Å². The maximum atomic E-state index is 3.58. The van der Waals surface area contributed by atoms with E-state index in [0.29, 0.717) is 5.41 Å². The summed E-state index contributed by atoms with van der Waals surface area (Å²) >= 11 is 0. The fourth-order valence-corrected chi connectivity index (χ4v) is 4.07. The molecule has 0 bridgehead atoms. The summed E-state index contributed by atoms with van der Waals surface area (Å²) in [5, 5.41) is 3.58. The highest BCUT2D eigenvalue weighted by Crippen LogP contribution is 2.33. The van der Waals surface area contributed by atoms with Gasteiger partial charge in [0.2, 0.25) is 0 Å². The van der Waals surface area contributed by atoms with Gasteiger partial charge in [-0.1, -0.05) is 13.8 Å². The molecule has 0 radical (unpaired) electrons. The van der Waals surface area contributed by atoms with Crippen molar-refractivity contribution in [2.45, 2.75) is 39.5 Å². The molecule has 0 aromatic carbocycles. The zero-order valence-corrected chi connectivity index (χ0v) is 14.1. The van der Waals surface area contributed by atoms with E-state index in [0.717, 1.165) is 11.8 Å². The second-order valence-corrected chi connectivity index (χ2v) is 8.01. The van der Waals surface area contributed by atoms with Gasteiger partial charge in [0, 0.05) is 13.1 Å². The summed E-state index contributed by atoms with van der Waals surface area (Å²) < 4.78 is 0. The lowest BCUT2D eigenvalue weighted by Gasteiger charge is -2.43. The first-order valence-corrected chi connectivity index (χ1v) is 8.55. The zero-order chi connectivity index (χ0) is 14.6. The number of hydrogen-bond donors (Lipinski definition) is 1. The first kappa shape index (κ1) is 16.3. The molecule has 3 heteroatoms. The quantitative estimate of drug-likeness (QED) is 0.834. The van der Waals surface area contributed by atoms with Crippen LogP contribution in [0.25, 0.3) is 0 Å². The Balaban J connectivity index is 1.76. The molecule has 1 unspecified atom stereocenters. The van der Waals surface area contributed by atoms with E-state index in [4.69, 9.17) is 0 Å². The van der Waals surface area contributed by atoms with Crippen LogP contribution in [0, 0.1) is 17.3 Å². The molecule has 2 saturated heterocycles. The van der Waals surface area contributed by atoms with Crippen molar-refractivity contribution in [2.24, 2.45) is 17.3 Å². The molecule has 0 aromatic heterocycles. The largest absolute Gasteiger partial charge is 0.316 e. The molecule has 3 nitrogen and oxygen atoms in total. The molecule has 2 rings (SSSR count). The average molecular weight is 281 g/mol. The Morgan fingerprint density at radius 2 is 1.85 bits per heavy atom. The second kappa shape index (κ2) is 7.24. The number of piperidine rings is 2. The van der Waals surface area contributed by atoms with Crippen LogP contribution in [0.3, 0.4) is 0 Å².